The van der Waals surface area contributed by atoms with E-state index in [2.05, 4.69) is 20.7 Å². The molecule has 0 aliphatic heterocycles. The van der Waals surface area contributed by atoms with Crippen LogP contribution in [-0.4, -0.2) is 13.5 Å². The van der Waals surface area contributed by atoms with Gasteiger partial charge in [0.25, 0.3) is 10.0 Å². The minimum Gasteiger partial charge on any atom is -0.505 e. The number of rotatable bonds is 3. The summed E-state index contributed by atoms with van der Waals surface area (Å²) in [6.45, 7) is 1.68. The van der Waals surface area contributed by atoms with Crippen molar-refractivity contribution >= 4 is 43.0 Å². The predicted octanol–water partition coefficient (Wildman–Crippen LogP) is 3.46. The number of aromatic hydroxyl groups is 1. The maximum atomic E-state index is 13.1. The van der Waals surface area contributed by atoms with Gasteiger partial charge in [0.2, 0.25) is 0 Å². The first-order valence-corrected chi connectivity index (χ1v) is 8.16. The van der Waals surface area contributed by atoms with Crippen LogP contribution < -0.4 is 4.72 Å². The van der Waals surface area contributed by atoms with E-state index in [1.54, 1.807) is 6.92 Å². The minimum absolute atomic E-state index is 0.0528. The van der Waals surface area contributed by atoms with Crippen molar-refractivity contribution in [3.05, 3.63) is 38.7 Å². The van der Waals surface area contributed by atoms with Gasteiger partial charge in [-0.05, 0) is 41.1 Å². The third-order valence-electron chi connectivity index (χ3n) is 2.33. The number of sulfonamides is 1. The van der Waals surface area contributed by atoms with E-state index in [9.17, 15) is 12.8 Å². The normalized spacial score (nSPS) is 11.5. The lowest BCUT2D eigenvalue weighted by Crippen LogP contribution is -2.13. The fourth-order valence-electron chi connectivity index (χ4n) is 1.48. The number of aryl methyl sites for hydroxylation is 1. The van der Waals surface area contributed by atoms with Gasteiger partial charge in [-0.3, -0.25) is 4.72 Å². The highest BCUT2D eigenvalue weighted by molar-refractivity contribution is 9.11. The molecule has 102 valence electrons. The summed E-state index contributed by atoms with van der Waals surface area (Å²) in [5, 5.41) is 9.05. The van der Waals surface area contributed by atoms with E-state index >= 15 is 0 Å². The minimum atomic E-state index is -3.77. The fraction of sp³-hybridized carbons (Fsp3) is 0.0909. The molecule has 4 nitrogen and oxygen atoms in total. The lowest BCUT2D eigenvalue weighted by Gasteiger charge is -2.08. The molecular formula is C11H9BrFNO3S2. The second-order valence-corrected chi connectivity index (χ2v) is 8.03. The molecule has 0 aliphatic carbocycles. The summed E-state index contributed by atoms with van der Waals surface area (Å²) in [5.74, 6) is -1.42. The van der Waals surface area contributed by atoms with Gasteiger partial charge in [-0.25, -0.2) is 12.8 Å². The molecule has 0 aliphatic rings. The van der Waals surface area contributed by atoms with Gasteiger partial charge in [0.1, 0.15) is 4.90 Å². The number of anilines is 1. The molecule has 2 rings (SSSR count). The smallest absolute Gasteiger partial charge is 0.263 e. The zero-order valence-electron chi connectivity index (χ0n) is 9.65. The molecule has 0 saturated carbocycles. The van der Waals surface area contributed by atoms with Crippen molar-refractivity contribution in [1.82, 2.24) is 0 Å². The van der Waals surface area contributed by atoms with Crippen molar-refractivity contribution < 1.29 is 17.9 Å². The number of nitrogens with one attached hydrogen (secondary N) is 1. The van der Waals surface area contributed by atoms with E-state index < -0.39 is 21.6 Å². The zero-order valence-corrected chi connectivity index (χ0v) is 12.9. The molecule has 0 atom stereocenters. The van der Waals surface area contributed by atoms with Crippen LogP contribution >= 0.6 is 27.3 Å². The molecule has 0 unspecified atom stereocenters. The Morgan fingerprint density at radius 2 is 2.05 bits per heavy atom. The average Bonchev–Trinajstić information content (AvgIpc) is 2.63. The molecule has 1 aromatic heterocycles. The van der Waals surface area contributed by atoms with Crippen molar-refractivity contribution in [2.45, 2.75) is 11.8 Å². The van der Waals surface area contributed by atoms with Crippen LogP contribution in [0.25, 0.3) is 0 Å². The van der Waals surface area contributed by atoms with Crippen LogP contribution in [0.15, 0.2) is 32.9 Å². The zero-order chi connectivity index (χ0) is 14.2. The number of benzene rings is 1. The summed E-state index contributed by atoms with van der Waals surface area (Å²) >= 11 is 4.51. The van der Waals surface area contributed by atoms with E-state index in [1.165, 1.54) is 23.5 Å². The molecule has 0 radical (unpaired) electrons. The van der Waals surface area contributed by atoms with E-state index in [4.69, 9.17) is 5.11 Å². The van der Waals surface area contributed by atoms with Crippen LogP contribution in [0.4, 0.5) is 10.1 Å². The maximum Gasteiger partial charge on any atom is 0.263 e. The summed E-state index contributed by atoms with van der Waals surface area (Å²) in [7, 11) is -3.77. The fourth-order valence-corrected chi connectivity index (χ4v) is 4.94. The molecule has 0 bridgehead atoms. The number of hydrogen-bond acceptors (Lipinski definition) is 4. The monoisotopic (exact) mass is 365 g/mol. The number of phenolic OH excluding ortho intramolecular Hbond substituents is 1. The molecule has 1 heterocycles. The van der Waals surface area contributed by atoms with Gasteiger partial charge < -0.3 is 5.11 Å². The van der Waals surface area contributed by atoms with Crippen LogP contribution in [0, 0.1) is 12.7 Å². The standard InChI is InChI=1S/C11H9BrFNO3S2/c1-6-10(5-11(12)18-6)19(16,17)14-7-2-3-9(15)8(13)4-7/h2-5,14-15H,1H3. The summed E-state index contributed by atoms with van der Waals surface area (Å²) in [4.78, 5) is 0.761. The van der Waals surface area contributed by atoms with E-state index in [0.29, 0.717) is 8.66 Å². The summed E-state index contributed by atoms with van der Waals surface area (Å²) in [5.41, 5.74) is 0.0528. The number of hydrogen-bond donors (Lipinski definition) is 2. The van der Waals surface area contributed by atoms with Crippen LogP contribution in [0.1, 0.15) is 4.88 Å². The first-order chi connectivity index (χ1) is 8.79. The highest BCUT2D eigenvalue weighted by Crippen LogP contribution is 2.31. The third-order valence-corrected chi connectivity index (χ3v) is 5.52. The Labute approximate surface area is 122 Å². The number of halogens is 2. The van der Waals surface area contributed by atoms with Crippen LogP contribution in [0.2, 0.25) is 0 Å². The van der Waals surface area contributed by atoms with Gasteiger partial charge in [-0.1, -0.05) is 0 Å². The molecule has 0 spiro atoms. The first-order valence-electron chi connectivity index (χ1n) is 5.07. The Balaban J connectivity index is 2.36. The topological polar surface area (TPSA) is 66.4 Å². The third kappa shape index (κ3) is 3.07. The van der Waals surface area contributed by atoms with Crippen LogP contribution in [-0.2, 0) is 10.0 Å². The van der Waals surface area contributed by atoms with Gasteiger partial charge in [-0.15, -0.1) is 11.3 Å². The summed E-state index contributed by atoms with van der Waals surface area (Å²) < 4.78 is 40.4. The molecule has 8 heteroatoms. The second kappa shape index (κ2) is 5.10. The van der Waals surface area contributed by atoms with Crippen LogP contribution in [0.5, 0.6) is 5.75 Å². The molecule has 2 N–H and O–H groups in total. The van der Waals surface area contributed by atoms with E-state index in [1.807, 2.05) is 0 Å². The van der Waals surface area contributed by atoms with Gasteiger partial charge in [0, 0.05) is 10.9 Å². The molecule has 1 aromatic carbocycles. The molecule has 0 amide bonds. The number of phenols is 1. The van der Waals surface area contributed by atoms with Gasteiger partial charge in [-0.2, -0.15) is 0 Å². The molecular weight excluding hydrogens is 357 g/mol. The molecule has 0 fully saturated rings. The summed E-state index contributed by atoms with van der Waals surface area (Å²) in [6, 6.07) is 4.78. The van der Waals surface area contributed by atoms with Crippen molar-refractivity contribution in [2.24, 2.45) is 0 Å². The van der Waals surface area contributed by atoms with Crippen molar-refractivity contribution in [2.75, 3.05) is 4.72 Å². The average molecular weight is 366 g/mol. The first kappa shape index (κ1) is 14.3. The molecule has 0 saturated heterocycles. The lowest BCUT2D eigenvalue weighted by atomic mass is 10.3. The maximum absolute atomic E-state index is 13.1. The highest BCUT2D eigenvalue weighted by atomic mass is 79.9. The Kier molecular flexibility index (Phi) is 3.84. The Morgan fingerprint density at radius 3 is 2.58 bits per heavy atom. The van der Waals surface area contributed by atoms with Gasteiger partial charge in [0.05, 0.1) is 9.47 Å². The lowest BCUT2D eigenvalue weighted by molar-refractivity contribution is 0.432. The summed E-state index contributed by atoms with van der Waals surface area (Å²) in [6.07, 6.45) is 0. The van der Waals surface area contributed by atoms with Crippen molar-refractivity contribution in [3.8, 4) is 5.75 Å². The van der Waals surface area contributed by atoms with Crippen molar-refractivity contribution in [1.29, 1.82) is 0 Å². The van der Waals surface area contributed by atoms with E-state index in [-0.39, 0.29) is 10.6 Å². The van der Waals surface area contributed by atoms with Gasteiger partial charge in [0.15, 0.2) is 11.6 Å². The Bertz CT molecular complexity index is 728. The quantitative estimate of drug-likeness (QED) is 0.818. The Hall–Kier alpha value is -1.12. The largest absolute Gasteiger partial charge is 0.505 e. The van der Waals surface area contributed by atoms with E-state index in [0.717, 1.165) is 12.1 Å². The number of thiophene rings is 1. The van der Waals surface area contributed by atoms with Crippen LogP contribution in [0.3, 0.4) is 0 Å². The van der Waals surface area contributed by atoms with Gasteiger partial charge >= 0.3 is 0 Å². The highest BCUT2D eigenvalue weighted by Gasteiger charge is 2.20. The van der Waals surface area contributed by atoms with Crippen molar-refractivity contribution in [3.63, 3.8) is 0 Å². The molecule has 19 heavy (non-hydrogen) atoms. The second-order valence-electron chi connectivity index (χ2n) is 3.74. The Morgan fingerprint density at radius 1 is 1.37 bits per heavy atom. The molecule has 2 aromatic rings. The predicted molar refractivity (Wildman–Crippen MR) is 75.6 cm³/mol. The SMILES string of the molecule is Cc1sc(Br)cc1S(=O)(=O)Nc1ccc(O)c(F)c1.